The van der Waals surface area contributed by atoms with Crippen LogP contribution >= 0.6 is 23.2 Å². The number of nitrogens with zero attached hydrogens (tertiary/aromatic N) is 1. The van der Waals surface area contributed by atoms with Crippen LogP contribution < -0.4 is 11.3 Å². The molecule has 2 rings (SSSR count). The molecule has 2 aromatic rings. The molecule has 0 bridgehead atoms. The van der Waals surface area contributed by atoms with Crippen LogP contribution in [-0.4, -0.2) is 4.98 Å². The minimum Gasteiger partial charge on any atom is -0.271 e. The first-order valence-electron chi connectivity index (χ1n) is 6.01. The van der Waals surface area contributed by atoms with Crippen molar-refractivity contribution in [1.29, 1.82) is 0 Å². The van der Waals surface area contributed by atoms with Gasteiger partial charge in [0.05, 0.1) is 21.8 Å². The van der Waals surface area contributed by atoms with Gasteiger partial charge in [-0.05, 0) is 24.5 Å². The van der Waals surface area contributed by atoms with Crippen molar-refractivity contribution < 1.29 is 0 Å². The topological polar surface area (TPSA) is 50.9 Å². The quantitative estimate of drug-likeness (QED) is 0.655. The van der Waals surface area contributed by atoms with Crippen molar-refractivity contribution in [2.75, 3.05) is 0 Å². The normalized spacial score (nSPS) is 12.4. The maximum Gasteiger partial charge on any atom is 0.0773 e. The first kappa shape index (κ1) is 14.3. The summed E-state index contributed by atoms with van der Waals surface area (Å²) in [7, 11) is 0. The van der Waals surface area contributed by atoms with E-state index in [9.17, 15) is 0 Å². The Kier molecular flexibility index (Phi) is 5.16. The van der Waals surface area contributed by atoms with Gasteiger partial charge in [0.15, 0.2) is 0 Å². The first-order valence-corrected chi connectivity index (χ1v) is 6.77. The van der Waals surface area contributed by atoms with Gasteiger partial charge in [0.1, 0.15) is 0 Å². The van der Waals surface area contributed by atoms with Crippen molar-refractivity contribution in [3.05, 3.63) is 63.9 Å². The van der Waals surface area contributed by atoms with Gasteiger partial charge in [-0.15, -0.1) is 0 Å². The lowest BCUT2D eigenvalue weighted by molar-refractivity contribution is 0.505. The molecule has 5 heteroatoms. The van der Waals surface area contributed by atoms with Gasteiger partial charge < -0.3 is 0 Å². The second-order valence-corrected chi connectivity index (χ2v) is 5.11. The van der Waals surface area contributed by atoms with E-state index >= 15 is 0 Å². The number of hydrogen-bond donors (Lipinski definition) is 2. The van der Waals surface area contributed by atoms with Gasteiger partial charge in [-0.2, -0.15) is 0 Å². The van der Waals surface area contributed by atoms with Gasteiger partial charge in [-0.3, -0.25) is 16.3 Å². The molecule has 3 nitrogen and oxygen atoms in total. The number of pyridine rings is 1. The molecule has 1 aromatic heterocycles. The van der Waals surface area contributed by atoms with E-state index in [1.54, 1.807) is 12.3 Å². The third kappa shape index (κ3) is 3.91. The second-order valence-electron chi connectivity index (χ2n) is 4.26. The van der Waals surface area contributed by atoms with Crippen LogP contribution in [0.25, 0.3) is 0 Å². The zero-order valence-electron chi connectivity index (χ0n) is 10.3. The monoisotopic (exact) mass is 295 g/mol. The molecule has 1 aromatic carbocycles. The van der Waals surface area contributed by atoms with Crippen molar-refractivity contribution in [2.24, 2.45) is 5.84 Å². The fourth-order valence-electron chi connectivity index (χ4n) is 1.94. The Morgan fingerprint density at radius 2 is 1.95 bits per heavy atom. The SMILES string of the molecule is NNC(CCc1ccccc1)c1ncc(Cl)cc1Cl. The van der Waals surface area contributed by atoms with Gasteiger partial charge in [0, 0.05) is 6.20 Å². The van der Waals surface area contributed by atoms with Crippen LogP contribution in [0.5, 0.6) is 0 Å². The highest BCUT2D eigenvalue weighted by Crippen LogP contribution is 2.26. The van der Waals surface area contributed by atoms with E-state index in [0.717, 1.165) is 18.5 Å². The number of hydrogen-bond acceptors (Lipinski definition) is 3. The molecular formula is C14H15Cl2N3. The van der Waals surface area contributed by atoms with Gasteiger partial charge in [-0.25, -0.2) is 0 Å². The predicted octanol–water partition coefficient (Wildman–Crippen LogP) is 3.53. The first-order chi connectivity index (χ1) is 9.20. The molecule has 0 spiro atoms. The summed E-state index contributed by atoms with van der Waals surface area (Å²) < 4.78 is 0. The van der Waals surface area contributed by atoms with Crippen LogP contribution in [0.2, 0.25) is 10.0 Å². The van der Waals surface area contributed by atoms with Crippen LogP contribution in [0, 0.1) is 0 Å². The molecule has 0 saturated heterocycles. The Hall–Kier alpha value is -1.13. The average molecular weight is 296 g/mol. The van der Waals surface area contributed by atoms with Crippen molar-refractivity contribution >= 4 is 23.2 Å². The van der Waals surface area contributed by atoms with E-state index in [0.29, 0.717) is 10.0 Å². The maximum atomic E-state index is 6.14. The largest absolute Gasteiger partial charge is 0.271 e. The van der Waals surface area contributed by atoms with E-state index in [1.165, 1.54) is 5.56 Å². The molecule has 19 heavy (non-hydrogen) atoms. The minimum atomic E-state index is -0.0926. The fraction of sp³-hybridized carbons (Fsp3) is 0.214. The van der Waals surface area contributed by atoms with E-state index < -0.39 is 0 Å². The molecule has 0 saturated carbocycles. The molecule has 0 aliphatic carbocycles. The summed E-state index contributed by atoms with van der Waals surface area (Å²) in [5, 5.41) is 1.05. The zero-order chi connectivity index (χ0) is 13.7. The Morgan fingerprint density at radius 3 is 2.58 bits per heavy atom. The maximum absolute atomic E-state index is 6.14. The van der Waals surface area contributed by atoms with Crippen LogP contribution in [0.4, 0.5) is 0 Å². The van der Waals surface area contributed by atoms with Crippen molar-refractivity contribution in [2.45, 2.75) is 18.9 Å². The van der Waals surface area contributed by atoms with Crippen LogP contribution in [-0.2, 0) is 6.42 Å². The zero-order valence-corrected chi connectivity index (χ0v) is 11.8. The Morgan fingerprint density at radius 1 is 1.21 bits per heavy atom. The summed E-state index contributed by atoms with van der Waals surface area (Å²) in [5.41, 5.74) is 4.74. The molecule has 1 atom stereocenters. The lowest BCUT2D eigenvalue weighted by atomic mass is 10.0. The molecular weight excluding hydrogens is 281 g/mol. The van der Waals surface area contributed by atoms with Gasteiger partial charge >= 0.3 is 0 Å². The second kappa shape index (κ2) is 6.87. The van der Waals surface area contributed by atoms with E-state index in [1.807, 2.05) is 18.2 Å². The van der Waals surface area contributed by atoms with Crippen molar-refractivity contribution in [3.8, 4) is 0 Å². The van der Waals surface area contributed by atoms with Gasteiger partial charge in [0.25, 0.3) is 0 Å². The van der Waals surface area contributed by atoms with E-state index in [-0.39, 0.29) is 6.04 Å². The van der Waals surface area contributed by atoms with Crippen LogP contribution in [0.3, 0.4) is 0 Å². The summed E-state index contributed by atoms with van der Waals surface area (Å²) in [6.45, 7) is 0. The molecule has 0 aliphatic heterocycles. The smallest absolute Gasteiger partial charge is 0.0773 e. The number of aromatic nitrogens is 1. The highest BCUT2D eigenvalue weighted by atomic mass is 35.5. The van der Waals surface area contributed by atoms with Gasteiger partial charge in [0.2, 0.25) is 0 Å². The molecule has 100 valence electrons. The number of benzene rings is 1. The van der Waals surface area contributed by atoms with Crippen molar-refractivity contribution in [1.82, 2.24) is 10.4 Å². The molecule has 1 unspecified atom stereocenters. The molecule has 0 radical (unpaired) electrons. The fourth-order valence-corrected chi connectivity index (χ4v) is 2.45. The summed E-state index contributed by atoms with van der Waals surface area (Å²) in [4.78, 5) is 4.25. The summed E-state index contributed by atoms with van der Waals surface area (Å²) in [6, 6.07) is 11.8. The number of nitrogens with two attached hydrogens (primary N) is 1. The molecule has 0 amide bonds. The van der Waals surface area contributed by atoms with E-state index in [4.69, 9.17) is 29.0 Å². The highest BCUT2D eigenvalue weighted by Gasteiger charge is 2.15. The standard InChI is InChI=1S/C14H15Cl2N3/c15-11-8-12(16)14(18-9-11)13(19-17)7-6-10-4-2-1-3-5-10/h1-5,8-9,13,19H,6-7,17H2. The Balaban J connectivity index is 2.08. The van der Waals surface area contributed by atoms with Crippen LogP contribution in [0.1, 0.15) is 23.7 Å². The van der Waals surface area contributed by atoms with Crippen molar-refractivity contribution in [3.63, 3.8) is 0 Å². The number of rotatable bonds is 5. The number of nitrogens with one attached hydrogen (secondary N) is 1. The number of aryl methyl sites for hydroxylation is 1. The number of hydrazine groups is 1. The Bertz CT molecular complexity index is 531. The molecule has 0 aliphatic rings. The third-order valence-electron chi connectivity index (χ3n) is 2.93. The average Bonchev–Trinajstić information content (AvgIpc) is 2.42. The predicted molar refractivity (Wildman–Crippen MR) is 79.1 cm³/mol. The highest BCUT2D eigenvalue weighted by molar-refractivity contribution is 6.34. The molecule has 0 fully saturated rings. The third-order valence-corrected chi connectivity index (χ3v) is 3.44. The number of halogens is 2. The minimum absolute atomic E-state index is 0.0926. The van der Waals surface area contributed by atoms with E-state index in [2.05, 4.69) is 22.5 Å². The Labute approximate surface area is 122 Å². The lowest BCUT2D eigenvalue weighted by Gasteiger charge is -2.16. The molecule has 1 heterocycles. The summed E-state index contributed by atoms with van der Waals surface area (Å²) >= 11 is 12.0. The van der Waals surface area contributed by atoms with Crippen LogP contribution in [0.15, 0.2) is 42.6 Å². The molecule has 3 N–H and O–H groups in total. The summed E-state index contributed by atoms with van der Waals surface area (Å²) in [6.07, 6.45) is 3.29. The van der Waals surface area contributed by atoms with Gasteiger partial charge in [-0.1, -0.05) is 53.5 Å². The summed E-state index contributed by atoms with van der Waals surface area (Å²) in [5.74, 6) is 5.59. The lowest BCUT2D eigenvalue weighted by Crippen LogP contribution is -2.29.